The highest BCUT2D eigenvalue weighted by molar-refractivity contribution is 8.18. The van der Waals surface area contributed by atoms with Gasteiger partial charge in [-0.3, -0.25) is 9.48 Å². The molecule has 2 aliphatic rings. The van der Waals surface area contributed by atoms with Crippen LogP contribution in [-0.4, -0.2) is 52.1 Å². The van der Waals surface area contributed by atoms with E-state index in [1.165, 1.54) is 11.8 Å². The molecule has 0 radical (unpaired) electrons. The summed E-state index contributed by atoms with van der Waals surface area (Å²) in [5.41, 5.74) is 0.932. The Morgan fingerprint density at radius 2 is 2.25 bits per heavy atom. The molecule has 106 valence electrons. The van der Waals surface area contributed by atoms with Crippen LogP contribution in [0.15, 0.2) is 22.3 Å². The Morgan fingerprint density at radius 1 is 1.45 bits per heavy atom. The van der Waals surface area contributed by atoms with Crippen molar-refractivity contribution in [2.24, 2.45) is 4.99 Å². The fourth-order valence-corrected chi connectivity index (χ4v) is 3.03. The molecule has 0 saturated carbocycles. The van der Waals surface area contributed by atoms with Gasteiger partial charge in [0.15, 0.2) is 5.17 Å². The fraction of sp³-hybridized carbons (Fsp3) is 0.462. The molecular weight excluding hydrogens is 276 g/mol. The topological polar surface area (TPSA) is 59.7 Å². The molecule has 1 aromatic rings. The molecule has 0 atom stereocenters. The van der Waals surface area contributed by atoms with Crippen molar-refractivity contribution >= 4 is 28.9 Å². The molecule has 0 unspecified atom stereocenters. The van der Waals surface area contributed by atoms with Crippen LogP contribution in [-0.2, 0) is 16.1 Å². The van der Waals surface area contributed by atoms with Gasteiger partial charge in [0, 0.05) is 31.4 Å². The van der Waals surface area contributed by atoms with Crippen molar-refractivity contribution in [2.45, 2.75) is 13.5 Å². The first kappa shape index (κ1) is 13.4. The molecule has 3 heterocycles. The van der Waals surface area contributed by atoms with Crippen LogP contribution < -0.4 is 0 Å². The molecular formula is C13H16N4O2S. The van der Waals surface area contributed by atoms with E-state index < -0.39 is 0 Å². The molecule has 20 heavy (non-hydrogen) atoms. The largest absolute Gasteiger partial charge is 0.378 e. The van der Waals surface area contributed by atoms with E-state index in [4.69, 9.17) is 4.74 Å². The SMILES string of the molecule is CCn1cc(/C=C2/SC(N3CCOCC3)=NC2=O)cn1. The predicted molar refractivity (Wildman–Crippen MR) is 78.3 cm³/mol. The van der Waals surface area contributed by atoms with Crippen molar-refractivity contribution in [3.05, 3.63) is 22.9 Å². The second kappa shape index (κ2) is 5.80. The first-order valence-corrected chi connectivity index (χ1v) is 7.45. The number of aryl methyl sites for hydroxylation is 1. The minimum Gasteiger partial charge on any atom is -0.378 e. The quantitative estimate of drug-likeness (QED) is 0.767. The molecule has 2 aliphatic heterocycles. The van der Waals surface area contributed by atoms with Crippen molar-refractivity contribution in [3.63, 3.8) is 0 Å². The van der Waals surface area contributed by atoms with Gasteiger partial charge in [0.25, 0.3) is 5.91 Å². The van der Waals surface area contributed by atoms with E-state index in [1.54, 1.807) is 6.20 Å². The first-order valence-electron chi connectivity index (χ1n) is 6.64. The van der Waals surface area contributed by atoms with Gasteiger partial charge in [-0.15, -0.1) is 0 Å². The molecule has 1 aromatic heterocycles. The highest BCUT2D eigenvalue weighted by Crippen LogP contribution is 2.30. The molecule has 3 rings (SSSR count). The minimum atomic E-state index is -0.166. The lowest BCUT2D eigenvalue weighted by Crippen LogP contribution is -2.38. The van der Waals surface area contributed by atoms with Crippen molar-refractivity contribution in [2.75, 3.05) is 26.3 Å². The van der Waals surface area contributed by atoms with E-state index in [2.05, 4.69) is 15.0 Å². The summed E-state index contributed by atoms with van der Waals surface area (Å²) in [5, 5.41) is 4.98. The van der Waals surface area contributed by atoms with E-state index in [-0.39, 0.29) is 5.91 Å². The molecule has 0 aromatic carbocycles. The molecule has 6 nitrogen and oxygen atoms in total. The van der Waals surface area contributed by atoms with Gasteiger partial charge in [0.1, 0.15) is 0 Å². The molecule has 0 N–H and O–H groups in total. The van der Waals surface area contributed by atoms with Crippen LogP contribution in [0.5, 0.6) is 0 Å². The minimum absolute atomic E-state index is 0.166. The number of hydrogen-bond acceptors (Lipinski definition) is 5. The number of rotatable bonds is 2. The third-order valence-electron chi connectivity index (χ3n) is 3.17. The van der Waals surface area contributed by atoms with Gasteiger partial charge in [0.2, 0.25) is 0 Å². The van der Waals surface area contributed by atoms with Crippen LogP contribution in [0.2, 0.25) is 0 Å². The standard InChI is InChI=1S/C13H16N4O2S/c1-2-17-9-10(8-14-17)7-11-12(18)15-13(20-11)16-3-5-19-6-4-16/h7-9H,2-6H2,1H3/b11-7+. The predicted octanol–water partition coefficient (Wildman–Crippen LogP) is 1.21. The summed E-state index contributed by atoms with van der Waals surface area (Å²) in [5.74, 6) is -0.166. The number of amidine groups is 1. The summed E-state index contributed by atoms with van der Waals surface area (Å²) >= 11 is 1.43. The lowest BCUT2D eigenvalue weighted by atomic mass is 10.3. The Hall–Kier alpha value is -1.60. The van der Waals surface area contributed by atoms with Crippen LogP contribution in [0, 0.1) is 0 Å². The molecule has 0 aliphatic carbocycles. The van der Waals surface area contributed by atoms with Crippen LogP contribution in [0.25, 0.3) is 6.08 Å². The maximum absolute atomic E-state index is 11.9. The van der Waals surface area contributed by atoms with Gasteiger partial charge >= 0.3 is 0 Å². The number of aliphatic imine (C=N–C) groups is 1. The Kier molecular flexibility index (Phi) is 3.88. The zero-order valence-electron chi connectivity index (χ0n) is 11.3. The summed E-state index contributed by atoms with van der Waals surface area (Å²) in [6.07, 6.45) is 5.54. The van der Waals surface area contributed by atoms with Crippen molar-refractivity contribution < 1.29 is 9.53 Å². The average molecular weight is 292 g/mol. The van der Waals surface area contributed by atoms with Crippen LogP contribution >= 0.6 is 11.8 Å². The van der Waals surface area contributed by atoms with Gasteiger partial charge in [-0.2, -0.15) is 10.1 Å². The molecule has 1 saturated heterocycles. The number of amides is 1. The number of ether oxygens (including phenoxy) is 1. The van der Waals surface area contributed by atoms with E-state index in [0.29, 0.717) is 18.1 Å². The number of hydrogen-bond donors (Lipinski definition) is 0. The normalized spacial score (nSPS) is 21.6. The molecule has 0 bridgehead atoms. The third-order valence-corrected chi connectivity index (χ3v) is 4.21. The summed E-state index contributed by atoms with van der Waals surface area (Å²) < 4.78 is 7.14. The van der Waals surface area contributed by atoms with Gasteiger partial charge < -0.3 is 9.64 Å². The molecule has 1 amide bonds. The summed E-state index contributed by atoms with van der Waals surface area (Å²) in [7, 11) is 0. The molecule has 0 spiro atoms. The smallest absolute Gasteiger partial charge is 0.286 e. The number of aromatic nitrogens is 2. The average Bonchev–Trinajstić information content (AvgIpc) is 3.08. The zero-order valence-corrected chi connectivity index (χ0v) is 12.1. The highest BCUT2D eigenvalue weighted by atomic mass is 32.2. The Morgan fingerprint density at radius 3 is 2.95 bits per heavy atom. The Bertz CT molecular complexity index is 573. The lowest BCUT2D eigenvalue weighted by Gasteiger charge is -2.27. The Balaban J connectivity index is 1.72. The van der Waals surface area contributed by atoms with E-state index >= 15 is 0 Å². The summed E-state index contributed by atoms with van der Waals surface area (Å²) in [6.45, 7) is 5.81. The third kappa shape index (κ3) is 2.78. The van der Waals surface area contributed by atoms with Gasteiger partial charge in [-0.05, 0) is 24.8 Å². The van der Waals surface area contributed by atoms with Crippen molar-refractivity contribution in [3.8, 4) is 0 Å². The fourth-order valence-electron chi connectivity index (χ4n) is 2.07. The zero-order chi connectivity index (χ0) is 13.9. The number of morpholine rings is 1. The maximum Gasteiger partial charge on any atom is 0.286 e. The monoisotopic (exact) mass is 292 g/mol. The van der Waals surface area contributed by atoms with E-state index in [9.17, 15) is 4.79 Å². The number of thioether (sulfide) groups is 1. The van der Waals surface area contributed by atoms with Crippen LogP contribution in [0.3, 0.4) is 0 Å². The Labute approximate surface area is 121 Å². The second-order valence-corrected chi connectivity index (χ2v) is 5.55. The maximum atomic E-state index is 11.9. The lowest BCUT2D eigenvalue weighted by molar-refractivity contribution is -0.113. The molecule has 7 heteroatoms. The van der Waals surface area contributed by atoms with Crippen molar-refractivity contribution in [1.29, 1.82) is 0 Å². The number of carbonyl (C=O) groups is 1. The van der Waals surface area contributed by atoms with Gasteiger partial charge in [-0.1, -0.05) is 0 Å². The number of nitrogens with zero attached hydrogens (tertiary/aromatic N) is 4. The highest BCUT2D eigenvalue weighted by Gasteiger charge is 2.27. The van der Waals surface area contributed by atoms with Crippen LogP contribution in [0.4, 0.5) is 0 Å². The van der Waals surface area contributed by atoms with Gasteiger partial charge in [0.05, 0.1) is 24.3 Å². The number of carbonyl (C=O) groups excluding carboxylic acids is 1. The van der Waals surface area contributed by atoms with Crippen molar-refractivity contribution in [1.82, 2.24) is 14.7 Å². The van der Waals surface area contributed by atoms with Gasteiger partial charge in [-0.25, -0.2) is 0 Å². The second-order valence-electron chi connectivity index (χ2n) is 4.54. The van der Waals surface area contributed by atoms with E-state index in [1.807, 2.05) is 23.9 Å². The summed E-state index contributed by atoms with van der Waals surface area (Å²) in [4.78, 5) is 18.8. The van der Waals surface area contributed by atoms with E-state index in [0.717, 1.165) is 30.4 Å². The first-order chi connectivity index (χ1) is 9.76. The summed E-state index contributed by atoms with van der Waals surface area (Å²) in [6, 6.07) is 0. The van der Waals surface area contributed by atoms with Crippen LogP contribution in [0.1, 0.15) is 12.5 Å². The molecule has 1 fully saturated rings.